The van der Waals surface area contributed by atoms with Gasteiger partial charge in [0, 0.05) is 25.2 Å². The molecule has 0 atom stereocenters. The largest absolute Gasteiger partial charge is 0.339 e. The van der Waals surface area contributed by atoms with Gasteiger partial charge in [0.1, 0.15) is 0 Å². The smallest absolute Gasteiger partial charge is 0.253 e. The minimum Gasteiger partial charge on any atom is -0.339 e. The van der Waals surface area contributed by atoms with Gasteiger partial charge in [0.05, 0.1) is 12.1 Å². The van der Waals surface area contributed by atoms with Crippen molar-refractivity contribution in [2.75, 3.05) is 24.5 Å². The lowest BCUT2D eigenvalue weighted by molar-refractivity contribution is -0.117. The van der Waals surface area contributed by atoms with E-state index >= 15 is 0 Å². The fourth-order valence-corrected chi connectivity index (χ4v) is 4.06. The standard InChI is InChI=1S/C18H22N2O2/c21-16-12-14-11-15(10-13-6-5-9-20(16)17(13)14)18(22)19-7-3-1-2-4-8-19/h10-11H,1-9,12H2. The number of aryl methyl sites for hydroxylation is 1. The van der Waals surface area contributed by atoms with Gasteiger partial charge in [-0.3, -0.25) is 9.59 Å². The van der Waals surface area contributed by atoms with Gasteiger partial charge in [-0.05, 0) is 48.9 Å². The average molecular weight is 298 g/mol. The van der Waals surface area contributed by atoms with Gasteiger partial charge in [0.25, 0.3) is 5.91 Å². The summed E-state index contributed by atoms with van der Waals surface area (Å²) >= 11 is 0. The molecule has 0 N–H and O–H groups in total. The quantitative estimate of drug-likeness (QED) is 0.799. The molecule has 0 saturated carbocycles. The Balaban J connectivity index is 1.67. The molecule has 1 aromatic carbocycles. The van der Waals surface area contributed by atoms with Gasteiger partial charge < -0.3 is 9.80 Å². The zero-order chi connectivity index (χ0) is 15.1. The van der Waals surface area contributed by atoms with E-state index in [2.05, 4.69) is 0 Å². The molecule has 116 valence electrons. The summed E-state index contributed by atoms with van der Waals surface area (Å²) < 4.78 is 0. The van der Waals surface area contributed by atoms with Crippen molar-refractivity contribution in [2.45, 2.75) is 44.9 Å². The van der Waals surface area contributed by atoms with Crippen LogP contribution in [0.3, 0.4) is 0 Å². The van der Waals surface area contributed by atoms with Gasteiger partial charge >= 0.3 is 0 Å². The molecule has 0 aromatic heterocycles. The number of rotatable bonds is 1. The topological polar surface area (TPSA) is 40.6 Å². The predicted molar refractivity (Wildman–Crippen MR) is 85.2 cm³/mol. The number of anilines is 1. The van der Waals surface area contributed by atoms with Gasteiger partial charge in [-0.15, -0.1) is 0 Å². The highest BCUT2D eigenvalue weighted by atomic mass is 16.2. The Bertz CT molecular complexity index is 630. The molecule has 0 spiro atoms. The second-order valence-corrected chi connectivity index (χ2v) is 6.68. The summed E-state index contributed by atoms with van der Waals surface area (Å²) in [7, 11) is 0. The molecule has 1 fully saturated rings. The zero-order valence-corrected chi connectivity index (χ0v) is 12.9. The second-order valence-electron chi connectivity index (χ2n) is 6.68. The first-order valence-corrected chi connectivity index (χ1v) is 8.49. The van der Waals surface area contributed by atoms with Crippen LogP contribution in [0.15, 0.2) is 12.1 Å². The van der Waals surface area contributed by atoms with Crippen LogP contribution in [0.1, 0.15) is 53.6 Å². The van der Waals surface area contributed by atoms with E-state index in [1.807, 2.05) is 21.9 Å². The lowest BCUT2D eigenvalue weighted by atomic mass is 9.96. The Kier molecular flexibility index (Phi) is 3.40. The van der Waals surface area contributed by atoms with Gasteiger partial charge in [0.15, 0.2) is 0 Å². The molecule has 4 heteroatoms. The second kappa shape index (κ2) is 5.41. The zero-order valence-electron chi connectivity index (χ0n) is 12.9. The molecule has 0 radical (unpaired) electrons. The first kappa shape index (κ1) is 13.8. The Hall–Kier alpha value is -1.84. The molecular formula is C18H22N2O2. The van der Waals surface area contributed by atoms with Crippen molar-refractivity contribution in [2.24, 2.45) is 0 Å². The molecule has 0 bridgehead atoms. The van der Waals surface area contributed by atoms with Crippen LogP contribution in [0.4, 0.5) is 5.69 Å². The van der Waals surface area contributed by atoms with E-state index in [1.165, 1.54) is 18.4 Å². The Labute approximate surface area is 131 Å². The van der Waals surface area contributed by atoms with Gasteiger partial charge in [-0.2, -0.15) is 0 Å². The third-order valence-corrected chi connectivity index (χ3v) is 5.15. The summed E-state index contributed by atoms with van der Waals surface area (Å²) in [6.45, 7) is 2.57. The molecule has 4 rings (SSSR count). The molecule has 3 heterocycles. The van der Waals surface area contributed by atoms with E-state index in [4.69, 9.17) is 0 Å². The first-order chi connectivity index (χ1) is 10.7. The van der Waals surface area contributed by atoms with E-state index in [9.17, 15) is 9.59 Å². The van der Waals surface area contributed by atoms with Gasteiger partial charge in [-0.25, -0.2) is 0 Å². The fraction of sp³-hybridized carbons (Fsp3) is 0.556. The monoisotopic (exact) mass is 298 g/mol. The highest BCUT2D eigenvalue weighted by Gasteiger charge is 2.33. The van der Waals surface area contributed by atoms with E-state index in [-0.39, 0.29) is 11.8 Å². The highest BCUT2D eigenvalue weighted by Crippen LogP contribution is 2.37. The van der Waals surface area contributed by atoms with Gasteiger partial charge in [-0.1, -0.05) is 12.8 Å². The third-order valence-electron chi connectivity index (χ3n) is 5.15. The fourth-order valence-electron chi connectivity index (χ4n) is 4.06. The number of hydrogen-bond acceptors (Lipinski definition) is 2. The summed E-state index contributed by atoms with van der Waals surface area (Å²) in [5, 5.41) is 0. The van der Waals surface area contributed by atoms with Gasteiger partial charge in [0.2, 0.25) is 5.91 Å². The van der Waals surface area contributed by atoms with Crippen LogP contribution < -0.4 is 4.90 Å². The number of hydrogen-bond donors (Lipinski definition) is 0. The van der Waals surface area contributed by atoms with E-state index in [0.29, 0.717) is 6.42 Å². The van der Waals surface area contributed by atoms with E-state index < -0.39 is 0 Å². The number of nitrogens with zero attached hydrogens (tertiary/aromatic N) is 2. The molecule has 0 unspecified atom stereocenters. The molecule has 3 aliphatic rings. The molecule has 4 nitrogen and oxygen atoms in total. The van der Waals surface area contributed by atoms with E-state index in [1.54, 1.807) is 0 Å². The van der Waals surface area contributed by atoms with Crippen molar-refractivity contribution in [1.29, 1.82) is 0 Å². The Morgan fingerprint density at radius 2 is 1.64 bits per heavy atom. The highest BCUT2D eigenvalue weighted by molar-refractivity contribution is 6.04. The van der Waals surface area contributed by atoms with Crippen LogP contribution in [0.5, 0.6) is 0 Å². The van der Waals surface area contributed by atoms with Crippen molar-refractivity contribution in [1.82, 2.24) is 4.90 Å². The lowest BCUT2D eigenvalue weighted by Crippen LogP contribution is -2.33. The number of amides is 2. The van der Waals surface area contributed by atoms with Crippen molar-refractivity contribution in [3.05, 3.63) is 28.8 Å². The van der Waals surface area contributed by atoms with E-state index in [0.717, 1.165) is 62.1 Å². The molecular weight excluding hydrogens is 276 g/mol. The summed E-state index contributed by atoms with van der Waals surface area (Å²) in [6, 6.07) is 4.01. The molecule has 1 aromatic rings. The predicted octanol–water partition coefficient (Wildman–Crippen LogP) is 2.54. The maximum absolute atomic E-state index is 12.8. The van der Waals surface area contributed by atoms with Crippen LogP contribution in [-0.4, -0.2) is 36.3 Å². The molecule has 1 saturated heterocycles. The number of carbonyl (C=O) groups excluding carboxylic acids is 2. The van der Waals surface area contributed by atoms with Crippen molar-refractivity contribution >= 4 is 17.5 Å². The summed E-state index contributed by atoms with van der Waals surface area (Å²) in [5.41, 5.74) is 4.13. The van der Waals surface area contributed by atoms with Crippen LogP contribution in [0, 0.1) is 0 Å². The SMILES string of the molecule is O=C(c1cc2c3c(c1)CC(=O)N3CCC2)N1CCCCCC1. The first-order valence-electron chi connectivity index (χ1n) is 8.49. The number of likely N-dealkylation sites (tertiary alicyclic amines) is 1. The summed E-state index contributed by atoms with van der Waals surface area (Å²) in [4.78, 5) is 28.8. The molecule has 3 aliphatic heterocycles. The van der Waals surface area contributed by atoms with Crippen LogP contribution in [0.2, 0.25) is 0 Å². The van der Waals surface area contributed by atoms with Crippen LogP contribution in [0.25, 0.3) is 0 Å². The van der Waals surface area contributed by atoms with Crippen molar-refractivity contribution < 1.29 is 9.59 Å². The minimum atomic E-state index is 0.150. The maximum Gasteiger partial charge on any atom is 0.253 e. The molecule has 2 amide bonds. The van der Waals surface area contributed by atoms with Crippen molar-refractivity contribution in [3.8, 4) is 0 Å². The Morgan fingerprint density at radius 1 is 0.909 bits per heavy atom. The normalized spacial score (nSPS) is 20.8. The summed E-state index contributed by atoms with van der Waals surface area (Å²) in [6.07, 6.45) is 7.10. The summed E-state index contributed by atoms with van der Waals surface area (Å²) in [5.74, 6) is 0.341. The number of carbonyl (C=O) groups is 2. The van der Waals surface area contributed by atoms with Crippen molar-refractivity contribution in [3.63, 3.8) is 0 Å². The number of benzene rings is 1. The molecule has 22 heavy (non-hydrogen) atoms. The maximum atomic E-state index is 12.8. The van der Waals surface area contributed by atoms with Crippen LogP contribution >= 0.6 is 0 Å². The lowest BCUT2D eigenvalue weighted by Gasteiger charge is -2.27. The molecule has 0 aliphatic carbocycles. The third kappa shape index (κ3) is 2.21. The average Bonchev–Trinajstić information content (AvgIpc) is 2.73. The Morgan fingerprint density at radius 3 is 2.41 bits per heavy atom. The minimum absolute atomic E-state index is 0.150. The van der Waals surface area contributed by atoms with Crippen LogP contribution in [-0.2, 0) is 17.6 Å².